The number of hydrogen-bond acceptors (Lipinski definition) is 5. The van der Waals surface area contributed by atoms with Gasteiger partial charge in [0.25, 0.3) is 0 Å². The fraction of sp³-hybridized carbons (Fsp3) is 0.500. The average Bonchev–Trinajstić information content (AvgIpc) is 3.10. The van der Waals surface area contributed by atoms with Crippen LogP contribution in [-0.2, 0) is 21.7 Å². The molecule has 7 nitrogen and oxygen atoms in total. The van der Waals surface area contributed by atoms with Crippen LogP contribution in [0.25, 0.3) is 0 Å². The first kappa shape index (κ1) is 20.4. The summed E-state index contributed by atoms with van der Waals surface area (Å²) >= 11 is 0. The van der Waals surface area contributed by atoms with Crippen molar-refractivity contribution in [1.29, 1.82) is 0 Å². The van der Waals surface area contributed by atoms with Crippen LogP contribution in [0.5, 0.6) is 5.75 Å². The number of sulfone groups is 1. The summed E-state index contributed by atoms with van der Waals surface area (Å²) in [6, 6.07) is 7.21. The van der Waals surface area contributed by atoms with E-state index in [1.165, 1.54) is 10.8 Å². The number of anilines is 1. The Morgan fingerprint density at radius 1 is 1.25 bits per heavy atom. The van der Waals surface area contributed by atoms with Gasteiger partial charge < -0.3 is 14.6 Å². The number of ether oxygens (including phenoxy) is 1. The molecule has 0 unspecified atom stereocenters. The Morgan fingerprint density at radius 3 is 2.57 bits per heavy atom. The monoisotopic (exact) mass is 405 g/mol. The van der Waals surface area contributed by atoms with E-state index < -0.39 is 15.1 Å². The number of hydrogen-bond donors (Lipinski definition) is 1. The number of aryl methyl sites for hydroxylation is 1. The first-order valence-corrected chi connectivity index (χ1v) is 11.1. The predicted octanol–water partition coefficient (Wildman–Crippen LogP) is 3.18. The van der Waals surface area contributed by atoms with Crippen LogP contribution in [-0.4, -0.2) is 35.2 Å². The third-order valence-electron chi connectivity index (χ3n) is 4.96. The predicted molar refractivity (Wildman–Crippen MR) is 107 cm³/mol. The van der Waals surface area contributed by atoms with Crippen LogP contribution in [0, 0.1) is 5.92 Å². The molecule has 1 aromatic carbocycles. The lowest BCUT2D eigenvalue weighted by atomic mass is 9.88. The van der Waals surface area contributed by atoms with E-state index in [0.29, 0.717) is 31.4 Å². The van der Waals surface area contributed by atoms with Crippen LogP contribution in [0.15, 0.2) is 41.8 Å². The van der Waals surface area contributed by atoms with Gasteiger partial charge in [0.15, 0.2) is 0 Å². The quantitative estimate of drug-likeness (QED) is 0.797. The summed E-state index contributed by atoms with van der Waals surface area (Å²) in [5.41, 5.74) is 0.676. The molecule has 0 spiro atoms. The summed E-state index contributed by atoms with van der Waals surface area (Å²) in [5, 5.41) is 2.39. The minimum Gasteiger partial charge on any atom is -0.491 e. The van der Waals surface area contributed by atoms with Crippen molar-refractivity contribution in [1.82, 2.24) is 9.55 Å². The zero-order valence-corrected chi connectivity index (χ0v) is 17.3. The van der Waals surface area contributed by atoms with Crippen molar-refractivity contribution in [3.05, 3.63) is 36.7 Å². The van der Waals surface area contributed by atoms with Gasteiger partial charge in [-0.2, -0.15) is 0 Å². The van der Waals surface area contributed by atoms with E-state index in [-0.39, 0.29) is 23.1 Å². The highest BCUT2D eigenvalue weighted by Gasteiger charge is 2.37. The Hall–Kier alpha value is -2.35. The molecule has 1 aliphatic carbocycles. The van der Waals surface area contributed by atoms with Gasteiger partial charge in [0.1, 0.15) is 5.75 Å². The fourth-order valence-corrected chi connectivity index (χ4v) is 5.50. The van der Waals surface area contributed by atoms with Gasteiger partial charge in [0.2, 0.25) is 20.9 Å². The molecule has 8 heteroatoms. The molecular formula is C20H27N3O4S. The molecule has 28 heavy (non-hydrogen) atoms. The van der Waals surface area contributed by atoms with E-state index in [0.717, 1.165) is 5.75 Å². The first-order valence-electron chi connectivity index (χ1n) is 9.56. The van der Waals surface area contributed by atoms with Crippen molar-refractivity contribution in [2.45, 2.75) is 56.0 Å². The number of imidazole rings is 1. The smallest absolute Gasteiger partial charge is 0.227 e. The van der Waals surface area contributed by atoms with Gasteiger partial charge in [-0.3, -0.25) is 4.79 Å². The van der Waals surface area contributed by atoms with Crippen LogP contribution in [0.4, 0.5) is 5.69 Å². The minimum atomic E-state index is -3.55. The van der Waals surface area contributed by atoms with Crippen LogP contribution in [0.3, 0.4) is 0 Å². The lowest BCUT2D eigenvalue weighted by molar-refractivity contribution is -0.120. The van der Waals surface area contributed by atoms with E-state index >= 15 is 0 Å². The number of amides is 1. The maximum Gasteiger partial charge on any atom is 0.227 e. The van der Waals surface area contributed by atoms with Gasteiger partial charge in [-0.25, -0.2) is 13.4 Å². The van der Waals surface area contributed by atoms with Crippen molar-refractivity contribution in [2.24, 2.45) is 13.0 Å². The van der Waals surface area contributed by atoms with E-state index in [1.807, 2.05) is 26.0 Å². The van der Waals surface area contributed by atoms with Crippen LogP contribution < -0.4 is 10.1 Å². The normalized spacial score (nSPS) is 20.1. The molecule has 1 amide bonds. The second-order valence-corrected chi connectivity index (χ2v) is 9.65. The summed E-state index contributed by atoms with van der Waals surface area (Å²) in [5.74, 6) is 0.268. The molecule has 1 aliphatic rings. The highest BCUT2D eigenvalue weighted by Crippen LogP contribution is 2.32. The van der Waals surface area contributed by atoms with Crippen molar-refractivity contribution in [2.75, 3.05) is 5.32 Å². The molecule has 1 heterocycles. The summed E-state index contributed by atoms with van der Waals surface area (Å²) in [6.07, 6.45) is 5.44. The van der Waals surface area contributed by atoms with Gasteiger partial charge in [-0.15, -0.1) is 0 Å². The number of nitrogens with zero attached hydrogens (tertiary/aromatic N) is 2. The zero-order chi connectivity index (χ0) is 20.3. The largest absolute Gasteiger partial charge is 0.491 e. The molecule has 3 rings (SSSR count). The Bertz CT molecular complexity index is 919. The topological polar surface area (TPSA) is 90.3 Å². The number of carbonyl (C=O) groups is 1. The molecule has 2 aromatic rings. The molecule has 2 atom stereocenters. The lowest BCUT2D eigenvalue weighted by Crippen LogP contribution is -2.35. The highest BCUT2D eigenvalue weighted by molar-refractivity contribution is 7.91. The van der Waals surface area contributed by atoms with Gasteiger partial charge in [0, 0.05) is 31.0 Å². The van der Waals surface area contributed by atoms with Crippen molar-refractivity contribution < 1.29 is 17.9 Å². The van der Waals surface area contributed by atoms with Gasteiger partial charge in [0.05, 0.1) is 11.4 Å². The number of benzene rings is 1. The standard InChI is InChI=1S/C20H27N3O4S/c1-14(2)27-17-9-7-16(8-10-17)22-19(24)15-5-4-6-18(13-15)28(25,26)20-21-11-12-23(20)3/h7-12,14-15,18H,4-6,13H2,1-3H3,(H,22,24)/t15-,18-/m1/s1. The number of aromatic nitrogens is 2. The van der Waals surface area contributed by atoms with E-state index in [9.17, 15) is 13.2 Å². The fourth-order valence-electron chi connectivity index (χ4n) is 3.57. The molecule has 1 saturated carbocycles. The molecule has 0 saturated heterocycles. The van der Waals surface area contributed by atoms with Crippen LogP contribution in [0.1, 0.15) is 39.5 Å². The molecule has 1 fully saturated rings. The summed E-state index contributed by atoms with van der Waals surface area (Å²) in [4.78, 5) is 16.7. The lowest BCUT2D eigenvalue weighted by Gasteiger charge is -2.27. The zero-order valence-electron chi connectivity index (χ0n) is 16.5. The Balaban J connectivity index is 1.65. The summed E-state index contributed by atoms with van der Waals surface area (Å²) < 4.78 is 32.9. The number of carbonyl (C=O) groups excluding carboxylic acids is 1. The van der Waals surface area contributed by atoms with Crippen LogP contribution in [0.2, 0.25) is 0 Å². The van der Waals surface area contributed by atoms with Crippen molar-refractivity contribution in [3.63, 3.8) is 0 Å². The molecular weight excluding hydrogens is 378 g/mol. The Kier molecular flexibility index (Phi) is 6.07. The summed E-state index contributed by atoms with van der Waals surface area (Å²) in [6.45, 7) is 3.91. The van der Waals surface area contributed by atoms with E-state index in [2.05, 4.69) is 10.3 Å². The molecule has 0 radical (unpaired) electrons. The Labute approximate surface area is 166 Å². The second kappa shape index (κ2) is 8.34. The van der Waals surface area contributed by atoms with E-state index in [4.69, 9.17) is 4.74 Å². The van der Waals surface area contributed by atoms with Gasteiger partial charge in [-0.1, -0.05) is 6.42 Å². The molecule has 1 N–H and O–H groups in total. The maximum atomic E-state index is 12.9. The van der Waals surface area contributed by atoms with Gasteiger partial charge >= 0.3 is 0 Å². The number of nitrogens with one attached hydrogen (secondary N) is 1. The molecule has 152 valence electrons. The van der Waals surface area contributed by atoms with E-state index in [1.54, 1.807) is 25.4 Å². The maximum absolute atomic E-state index is 12.9. The van der Waals surface area contributed by atoms with Crippen LogP contribution >= 0.6 is 0 Å². The molecule has 0 aliphatic heterocycles. The van der Waals surface area contributed by atoms with Crippen molar-refractivity contribution in [3.8, 4) is 5.75 Å². The third-order valence-corrected chi connectivity index (χ3v) is 7.17. The second-order valence-electron chi connectivity index (χ2n) is 7.53. The van der Waals surface area contributed by atoms with Gasteiger partial charge in [-0.05, 0) is 57.4 Å². The first-order chi connectivity index (χ1) is 13.3. The summed E-state index contributed by atoms with van der Waals surface area (Å²) in [7, 11) is -1.88. The minimum absolute atomic E-state index is 0.0688. The molecule has 0 bridgehead atoms. The average molecular weight is 406 g/mol. The van der Waals surface area contributed by atoms with Crippen molar-refractivity contribution >= 4 is 21.4 Å². The molecule has 1 aromatic heterocycles. The highest BCUT2D eigenvalue weighted by atomic mass is 32.2. The number of rotatable bonds is 6. The third kappa shape index (κ3) is 4.55. The Morgan fingerprint density at radius 2 is 1.96 bits per heavy atom. The SMILES string of the molecule is CC(C)Oc1ccc(NC(=O)[C@@H]2CCC[C@@H](S(=O)(=O)c3nccn3C)C2)cc1.